The summed E-state index contributed by atoms with van der Waals surface area (Å²) in [6.45, 7) is 9.78. The summed E-state index contributed by atoms with van der Waals surface area (Å²) in [7, 11) is 0. The fourth-order valence-electron chi connectivity index (χ4n) is 2.17. The quantitative estimate of drug-likeness (QED) is 0.605. The summed E-state index contributed by atoms with van der Waals surface area (Å²) in [4.78, 5) is 23.8. The number of carbonyl (C=O) groups is 2. The van der Waals surface area contributed by atoms with Gasteiger partial charge in [0.15, 0.2) is 0 Å². The Morgan fingerprint density at radius 3 is 2.10 bits per heavy atom. The Labute approximate surface area is 122 Å². The molecule has 0 amide bonds. The average molecular weight is 288 g/mol. The van der Waals surface area contributed by atoms with Crippen LogP contribution in [0.4, 0.5) is 4.79 Å². The van der Waals surface area contributed by atoms with E-state index in [1.165, 1.54) is 0 Å². The van der Waals surface area contributed by atoms with Crippen LogP contribution in [0.3, 0.4) is 0 Å². The Hall–Kier alpha value is -1.26. The molecule has 0 aromatic carbocycles. The lowest BCUT2D eigenvalue weighted by molar-refractivity contribution is -0.163. The van der Waals surface area contributed by atoms with E-state index in [1.54, 1.807) is 20.8 Å². The third-order valence-electron chi connectivity index (χ3n) is 3.37. The molecule has 0 aromatic heterocycles. The van der Waals surface area contributed by atoms with Gasteiger partial charge in [0.25, 0.3) is 0 Å². The Balaban J connectivity index is 5.02. The number of esters is 1. The molecule has 0 fully saturated rings. The standard InChI is InChI=1S/C15H28O5/c1-6-10-11-15(5,13(16)18-8-3)12(7-2)20-14(17)19-9-4/h12H,6-11H2,1-5H3. The average Bonchev–Trinajstić information content (AvgIpc) is 2.42. The predicted molar refractivity (Wildman–Crippen MR) is 76.5 cm³/mol. The summed E-state index contributed by atoms with van der Waals surface area (Å²) in [5.74, 6) is -0.315. The Morgan fingerprint density at radius 1 is 1.05 bits per heavy atom. The predicted octanol–water partition coefficient (Wildman–Crippen LogP) is 3.70. The molecule has 0 saturated heterocycles. The minimum atomic E-state index is -0.826. The Kier molecular flexibility index (Phi) is 9.01. The molecule has 0 heterocycles. The molecule has 2 unspecified atom stereocenters. The molecule has 0 spiro atoms. The Morgan fingerprint density at radius 2 is 1.65 bits per heavy atom. The number of carbonyl (C=O) groups excluding carboxylic acids is 2. The van der Waals surface area contributed by atoms with Crippen LogP contribution in [0, 0.1) is 5.41 Å². The summed E-state index contributed by atoms with van der Waals surface area (Å²) < 4.78 is 15.3. The lowest BCUT2D eigenvalue weighted by Crippen LogP contribution is -2.43. The van der Waals surface area contributed by atoms with Crippen LogP contribution in [0.25, 0.3) is 0 Å². The lowest BCUT2D eigenvalue weighted by atomic mass is 9.78. The molecule has 0 aliphatic rings. The van der Waals surface area contributed by atoms with Crippen LogP contribution < -0.4 is 0 Å². The molecule has 5 heteroatoms. The highest BCUT2D eigenvalue weighted by Crippen LogP contribution is 2.34. The molecule has 5 nitrogen and oxygen atoms in total. The van der Waals surface area contributed by atoms with Gasteiger partial charge in [0.2, 0.25) is 0 Å². The second-order valence-electron chi connectivity index (χ2n) is 4.94. The van der Waals surface area contributed by atoms with Gasteiger partial charge in [0.1, 0.15) is 11.5 Å². The molecule has 2 atom stereocenters. The van der Waals surface area contributed by atoms with Crippen LogP contribution in [0.2, 0.25) is 0 Å². The van der Waals surface area contributed by atoms with Gasteiger partial charge in [0, 0.05) is 0 Å². The summed E-state index contributed by atoms with van der Waals surface area (Å²) in [6.07, 6.45) is 1.74. The fraction of sp³-hybridized carbons (Fsp3) is 0.867. The zero-order valence-electron chi connectivity index (χ0n) is 13.4. The van der Waals surface area contributed by atoms with Crippen molar-refractivity contribution in [2.75, 3.05) is 13.2 Å². The zero-order valence-corrected chi connectivity index (χ0v) is 13.4. The minimum absolute atomic E-state index is 0.250. The highest BCUT2D eigenvalue weighted by atomic mass is 16.7. The van der Waals surface area contributed by atoms with Crippen LogP contribution in [-0.2, 0) is 19.0 Å². The Bertz CT molecular complexity index is 303. The van der Waals surface area contributed by atoms with Crippen molar-refractivity contribution in [2.45, 2.75) is 66.4 Å². The summed E-state index contributed by atoms with van der Waals surface area (Å²) >= 11 is 0. The van der Waals surface area contributed by atoms with E-state index in [0.29, 0.717) is 19.4 Å². The van der Waals surface area contributed by atoms with E-state index in [0.717, 1.165) is 12.8 Å². The van der Waals surface area contributed by atoms with E-state index < -0.39 is 17.7 Å². The third-order valence-corrected chi connectivity index (χ3v) is 3.37. The first-order chi connectivity index (χ1) is 9.46. The molecule has 0 bridgehead atoms. The van der Waals surface area contributed by atoms with E-state index in [-0.39, 0.29) is 12.6 Å². The van der Waals surface area contributed by atoms with Gasteiger partial charge >= 0.3 is 12.1 Å². The molecule has 0 N–H and O–H groups in total. The topological polar surface area (TPSA) is 61.8 Å². The van der Waals surface area contributed by atoms with Crippen LogP contribution in [0.5, 0.6) is 0 Å². The van der Waals surface area contributed by atoms with Gasteiger partial charge < -0.3 is 14.2 Å². The number of ether oxygens (including phenoxy) is 3. The van der Waals surface area contributed by atoms with Crippen molar-refractivity contribution in [3.8, 4) is 0 Å². The van der Waals surface area contributed by atoms with E-state index in [1.807, 2.05) is 6.92 Å². The summed E-state index contributed by atoms with van der Waals surface area (Å²) in [5.41, 5.74) is -0.826. The van der Waals surface area contributed by atoms with Crippen molar-refractivity contribution in [3.05, 3.63) is 0 Å². The molecule has 20 heavy (non-hydrogen) atoms. The minimum Gasteiger partial charge on any atom is -0.465 e. The first kappa shape index (κ1) is 18.7. The van der Waals surface area contributed by atoms with Crippen LogP contribution in [-0.4, -0.2) is 31.4 Å². The van der Waals surface area contributed by atoms with Crippen LogP contribution in [0.1, 0.15) is 60.3 Å². The van der Waals surface area contributed by atoms with Crippen molar-refractivity contribution in [3.63, 3.8) is 0 Å². The maximum Gasteiger partial charge on any atom is 0.508 e. The van der Waals surface area contributed by atoms with E-state index in [4.69, 9.17) is 14.2 Å². The molecule has 0 radical (unpaired) electrons. The first-order valence-electron chi connectivity index (χ1n) is 7.46. The second-order valence-corrected chi connectivity index (χ2v) is 4.94. The highest BCUT2D eigenvalue weighted by Gasteiger charge is 2.44. The molecule has 0 aliphatic heterocycles. The third kappa shape index (κ3) is 5.39. The smallest absolute Gasteiger partial charge is 0.465 e. The molecule has 0 rings (SSSR count). The highest BCUT2D eigenvalue weighted by molar-refractivity contribution is 5.77. The maximum absolute atomic E-state index is 12.3. The zero-order chi connectivity index (χ0) is 15.6. The molecule has 0 aliphatic carbocycles. The van der Waals surface area contributed by atoms with Crippen molar-refractivity contribution in [2.24, 2.45) is 5.41 Å². The largest absolute Gasteiger partial charge is 0.508 e. The monoisotopic (exact) mass is 288 g/mol. The molecule has 118 valence electrons. The maximum atomic E-state index is 12.3. The molecular formula is C15H28O5. The van der Waals surface area contributed by atoms with Crippen molar-refractivity contribution >= 4 is 12.1 Å². The van der Waals surface area contributed by atoms with Gasteiger partial charge in [-0.1, -0.05) is 26.7 Å². The van der Waals surface area contributed by atoms with E-state index >= 15 is 0 Å². The molecule has 0 saturated carbocycles. The number of hydrogen-bond acceptors (Lipinski definition) is 5. The van der Waals surface area contributed by atoms with Gasteiger partial charge in [-0.2, -0.15) is 0 Å². The molecular weight excluding hydrogens is 260 g/mol. The van der Waals surface area contributed by atoms with Crippen molar-refractivity contribution < 1.29 is 23.8 Å². The number of unbranched alkanes of at least 4 members (excludes halogenated alkanes) is 1. The van der Waals surface area contributed by atoms with Gasteiger partial charge in [0.05, 0.1) is 13.2 Å². The van der Waals surface area contributed by atoms with Crippen molar-refractivity contribution in [1.82, 2.24) is 0 Å². The van der Waals surface area contributed by atoms with Gasteiger partial charge in [-0.05, 0) is 33.6 Å². The summed E-state index contributed by atoms with van der Waals surface area (Å²) in [6, 6.07) is 0. The second kappa shape index (κ2) is 9.61. The summed E-state index contributed by atoms with van der Waals surface area (Å²) in [5, 5.41) is 0. The number of rotatable bonds is 9. The number of hydrogen-bond donors (Lipinski definition) is 0. The van der Waals surface area contributed by atoms with Crippen LogP contribution >= 0.6 is 0 Å². The molecule has 0 aromatic rings. The van der Waals surface area contributed by atoms with Gasteiger partial charge in [-0.3, -0.25) is 4.79 Å². The lowest BCUT2D eigenvalue weighted by Gasteiger charge is -2.34. The SMILES string of the molecule is CCCCC(C)(C(=O)OCC)C(CC)OC(=O)OCC. The van der Waals surface area contributed by atoms with Crippen LogP contribution in [0.15, 0.2) is 0 Å². The van der Waals surface area contributed by atoms with E-state index in [2.05, 4.69) is 6.92 Å². The normalized spacial score (nSPS) is 15.1. The first-order valence-corrected chi connectivity index (χ1v) is 7.46. The van der Waals surface area contributed by atoms with E-state index in [9.17, 15) is 9.59 Å². The van der Waals surface area contributed by atoms with Gasteiger partial charge in [-0.25, -0.2) is 4.79 Å². The van der Waals surface area contributed by atoms with Gasteiger partial charge in [-0.15, -0.1) is 0 Å². The van der Waals surface area contributed by atoms with Crippen molar-refractivity contribution in [1.29, 1.82) is 0 Å². The fourth-order valence-corrected chi connectivity index (χ4v) is 2.17.